The molecule has 0 radical (unpaired) electrons. The maximum absolute atomic E-state index is 12.4. The Morgan fingerprint density at radius 3 is 2.58 bits per heavy atom. The maximum Gasteiger partial charge on any atom is 0.273 e. The number of carbonyl (C=O) groups excluding carboxylic acids is 2. The first-order chi connectivity index (χ1) is 16.1. The van der Waals surface area contributed by atoms with Crippen molar-refractivity contribution in [1.82, 2.24) is 10.5 Å². The molecule has 0 unspecified atom stereocenters. The lowest BCUT2D eigenvalue weighted by molar-refractivity contribution is 0.0933. The summed E-state index contributed by atoms with van der Waals surface area (Å²) in [6, 6.07) is 16.1. The van der Waals surface area contributed by atoms with Crippen molar-refractivity contribution in [3.8, 4) is 5.75 Å². The quantitative estimate of drug-likeness (QED) is 0.500. The first-order valence-corrected chi connectivity index (χ1v) is 11.4. The van der Waals surface area contributed by atoms with E-state index in [-0.39, 0.29) is 24.1 Å². The minimum absolute atomic E-state index is 0.151. The molecule has 0 atom stereocenters. The lowest BCUT2D eigenvalue weighted by atomic mass is 9.89. The van der Waals surface area contributed by atoms with E-state index in [9.17, 15) is 9.59 Å². The van der Waals surface area contributed by atoms with Gasteiger partial charge in [0.15, 0.2) is 11.5 Å². The molecule has 0 bridgehead atoms. The summed E-state index contributed by atoms with van der Waals surface area (Å²) >= 11 is 0. The highest BCUT2D eigenvalue weighted by Crippen LogP contribution is 2.23. The summed E-state index contributed by atoms with van der Waals surface area (Å²) in [5, 5.41) is 9.69. The number of hydrogen-bond acceptors (Lipinski definition) is 5. The molecule has 2 N–H and O–H groups in total. The average molecular weight is 448 g/mol. The smallest absolute Gasteiger partial charge is 0.273 e. The zero-order chi connectivity index (χ0) is 23.0. The van der Waals surface area contributed by atoms with Crippen molar-refractivity contribution in [2.75, 3.05) is 11.9 Å². The van der Waals surface area contributed by atoms with E-state index >= 15 is 0 Å². The highest BCUT2D eigenvalue weighted by atomic mass is 16.5. The number of anilines is 1. The molecule has 2 amide bonds. The van der Waals surface area contributed by atoms with Crippen LogP contribution in [-0.4, -0.2) is 23.5 Å². The van der Waals surface area contributed by atoms with Gasteiger partial charge in [0, 0.05) is 23.9 Å². The predicted octanol–water partition coefficient (Wildman–Crippen LogP) is 5.12. The van der Waals surface area contributed by atoms with E-state index in [1.807, 2.05) is 25.1 Å². The zero-order valence-corrected chi connectivity index (χ0v) is 18.8. The van der Waals surface area contributed by atoms with Crippen molar-refractivity contribution >= 4 is 17.5 Å². The molecule has 0 aliphatic heterocycles. The van der Waals surface area contributed by atoms with Crippen LogP contribution in [0.25, 0.3) is 0 Å². The fourth-order valence-electron chi connectivity index (χ4n) is 3.99. The number of carbonyl (C=O) groups is 2. The van der Waals surface area contributed by atoms with E-state index in [0.717, 1.165) is 5.56 Å². The predicted molar refractivity (Wildman–Crippen MR) is 125 cm³/mol. The zero-order valence-electron chi connectivity index (χ0n) is 18.8. The molecule has 1 aromatic heterocycles. The Morgan fingerprint density at radius 1 is 1.03 bits per heavy atom. The summed E-state index contributed by atoms with van der Waals surface area (Å²) in [5.41, 5.74) is 2.58. The van der Waals surface area contributed by atoms with Gasteiger partial charge in [0.25, 0.3) is 11.8 Å². The van der Waals surface area contributed by atoms with Gasteiger partial charge in [-0.15, -0.1) is 0 Å². The Labute approximate surface area is 193 Å². The summed E-state index contributed by atoms with van der Waals surface area (Å²) in [6.07, 6.45) is 6.12. The first-order valence-electron chi connectivity index (χ1n) is 11.4. The Balaban J connectivity index is 1.24. The highest BCUT2D eigenvalue weighted by molar-refractivity contribution is 6.04. The number of aromatic nitrogens is 1. The lowest BCUT2D eigenvalue weighted by Crippen LogP contribution is -2.30. The second kappa shape index (κ2) is 10.8. The molecule has 7 nitrogen and oxygen atoms in total. The van der Waals surface area contributed by atoms with Gasteiger partial charge in [0.2, 0.25) is 0 Å². The second-order valence-electron chi connectivity index (χ2n) is 8.53. The van der Waals surface area contributed by atoms with Crippen LogP contribution in [0.15, 0.2) is 59.1 Å². The number of amides is 2. The lowest BCUT2D eigenvalue weighted by Gasteiger charge is -2.21. The molecular formula is C26H29N3O4. The van der Waals surface area contributed by atoms with Gasteiger partial charge in [0.1, 0.15) is 12.4 Å². The molecule has 3 aromatic rings. The SMILES string of the molecule is Cc1cccc(C(=O)Nc2ccc(OCc3cc(C(=O)NCC4CCCCC4)no3)cc2)c1. The van der Waals surface area contributed by atoms with E-state index in [2.05, 4.69) is 15.8 Å². The van der Waals surface area contributed by atoms with Crippen molar-refractivity contribution in [3.05, 3.63) is 77.2 Å². The summed E-state index contributed by atoms with van der Waals surface area (Å²) < 4.78 is 11.0. The van der Waals surface area contributed by atoms with E-state index in [1.165, 1.54) is 32.1 Å². The van der Waals surface area contributed by atoms with Crippen molar-refractivity contribution in [2.45, 2.75) is 45.6 Å². The van der Waals surface area contributed by atoms with E-state index < -0.39 is 0 Å². The highest BCUT2D eigenvalue weighted by Gasteiger charge is 2.17. The number of hydrogen-bond donors (Lipinski definition) is 2. The molecule has 1 aliphatic carbocycles. The monoisotopic (exact) mass is 447 g/mol. The number of benzene rings is 2. The number of nitrogens with one attached hydrogen (secondary N) is 2. The van der Waals surface area contributed by atoms with Gasteiger partial charge >= 0.3 is 0 Å². The van der Waals surface area contributed by atoms with Crippen molar-refractivity contribution in [3.63, 3.8) is 0 Å². The standard InChI is InChI=1S/C26H29N3O4/c1-18-6-5-9-20(14-18)25(30)28-21-10-12-22(13-11-21)32-17-23-15-24(29-33-23)26(31)27-16-19-7-3-2-4-8-19/h5-6,9-15,19H,2-4,7-8,16-17H2,1H3,(H,27,31)(H,28,30). The third-order valence-corrected chi connectivity index (χ3v) is 5.84. The van der Waals surface area contributed by atoms with E-state index in [4.69, 9.17) is 9.26 Å². The topological polar surface area (TPSA) is 93.5 Å². The molecule has 2 aromatic carbocycles. The van der Waals surface area contributed by atoms with Gasteiger partial charge in [-0.3, -0.25) is 9.59 Å². The Hall–Kier alpha value is -3.61. The Kier molecular flexibility index (Phi) is 7.40. The third-order valence-electron chi connectivity index (χ3n) is 5.84. The summed E-state index contributed by atoms with van der Waals surface area (Å²) in [5.74, 6) is 1.26. The molecule has 33 heavy (non-hydrogen) atoms. The van der Waals surface area contributed by atoms with Crippen LogP contribution in [0.4, 0.5) is 5.69 Å². The maximum atomic E-state index is 12.4. The third kappa shape index (κ3) is 6.44. The minimum atomic E-state index is -0.218. The van der Waals surface area contributed by atoms with Gasteiger partial charge in [-0.2, -0.15) is 0 Å². The molecule has 4 rings (SSSR count). The summed E-state index contributed by atoms with van der Waals surface area (Å²) in [6.45, 7) is 2.78. The molecule has 1 fully saturated rings. The van der Waals surface area contributed by atoms with Gasteiger partial charge in [-0.25, -0.2) is 0 Å². The normalized spacial score (nSPS) is 14.0. The van der Waals surface area contributed by atoms with Crippen LogP contribution in [0.1, 0.15) is 64.3 Å². The molecule has 1 aliphatic rings. The summed E-state index contributed by atoms with van der Waals surface area (Å²) in [7, 11) is 0. The number of nitrogens with zero attached hydrogens (tertiary/aromatic N) is 1. The molecule has 1 saturated carbocycles. The van der Waals surface area contributed by atoms with Crippen LogP contribution in [0.5, 0.6) is 5.75 Å². The fourth-order valence-corrected chi connectivity index (χ4v) is 3.99. The van der Waals surface area contributed by atoms with Gasteiger partial charge < -0.3 is 19.9 Å². The van der Waals surface area contributed by atoms with Gasteiger partial charge in [-0.1, -0.05) is 42.1 Å². The molecule has 0 spiro atoms. The fraction of sp³-hybridized carbons (Fsp3) is 0.346. The minimum Gasteiger partial charge on any atom is -0.486 e. The molecule has 0 saturated heterocycles. The van der Waals surface area contributed by atoms with Crippen LogP contribution < -0.4 is 15.4 Å². The van der Waals surface area contributed by atoms with Crippen molar-refractivity contribution < 1.29 is 18.8 Å². The summed E-state index contributed by atoms with van der Waals surface area (Å²) in [4.78, 5) is 24.7. The molecular weight excluding hydrogens is 418 g/mol. The largest absolute Gasteiger partial charge is 0.486 e. The number of aryl methyl sites for hydroxylation is 1. The number of rotatable bonds is 8. The average Bonchev–Trinajstić information content (AvgIpc) is 3.32. The number of ether oxygens (including phenoxy) is 1. The second-order valence-corrected chi connectivity index (χ2v) is 8.53. The molecule has 172 valence electrons. The van der Waals surface area contributed by atoms with Crippen LogP contribution in [0.2, 0.25) is 0 Å². The van der Waals surface area contributed by atoms with Crippen molar-refractivity contribution in [1.29, 1.82) is 0 Å². The Bertz CT molecular complexity index is 1080. The Morgan fingerprint density at radius 2 is 1.82 bits per heavy atom. The van der Waals surface area contributed by atoms with Gasteiger partial charge in [0.05, 0.1) is 0 Å². The van der Waals surface area contributed by atoms with Gasteiger partial charge in [-0.05, 0) is 62.1 Å². The van der Waals surface area contributed by atoms with E-state index in [0.29, 0.717) is 35.2 Å². The van der Waals surface area contributed by atoms with E-state index in [1.54, 1.807) is 36.4 Å². The first kappa shape index (κ1) is 22.6. The molecule has 1 heterocycles. The molecule has 7 heteroatoms. The van der Waals surface area contributed by atoms with Crippen LogP contribution >= 0.6 is 0 Å². The van der Waals surface area contributed by atoms with Crippen LogP contribution in [0.3, 0.4) is 0 Å². The van der Waals surface area contributed by atoms with Crippen LogP contribution in [0, 0.1) is 12.8 Å². The van der Waals surface area contributed by atoms with Crippen molar-refractivity contribution in [2.24, 2.45) is 5.92 Å². The van der Waals surface area contributed by atoms with Crippen LogP contribution in [-0.2, 0) is 6.61 Å².